The van der Waals surface area contributed by atoms with E-state index in [1.807, 2.05) is 18.2 Å². The number of halogens is 1. The van der Waals surface area contributed by atoms with Gasteiger partial charge in [-0.3, -0.25) is 14.9 Å². The number of imide groups is 1. The molecule has 0 unspecified atom stereocenters. The molecule has 1 aliphatic rings. The van der Waals surface area contributed by atoms with Crippen molar-refractivity contribution in [2.45, 2.75) is 6.54 Å². The summed E-state index contributed by atoms with van der Waals surface area (Å²) in [7, 11) is 0. The highest BCUT2D eigenvalue weighted by molar-refractivity contribution is 6.33. The molecule has 0 saturated heterocycles. The van der Waals surface area contributed by atoms with Gasteiger partial charge < -0.3 is 15.5 Å². The summed E-state index contributed by atoms with van der Waals surface area (Å²) in [5, 5.41) is 24.9. The molecule has 0 atom stereocenters. The lowest BCUT2D eigenvalue weighted by atomic mass is 9.91. The average Bonchev–Trinajstić information content (AvgIpc) is 2.73. The summed E-state index contributed by atoms with van der Waals surface area (Å²) >= 11 is 6.30. The second-order valence-corrected chi connectivity index (χ2v) is 7.19. The van der Waals surface area contributed by atoms with Gasteiger partial charge in [-0.1, -0.05) is 41.9 Å². The molecule has 150 valence electrons. The first-order valence-electron chi connectivity index (χ1n) is 9.13. The number of hydrogen-bond acceptors (Lipinski definition) is 5. The molecule has 1 heterocycles. The van der Waals surface area contributed by atoms with Crippen molar-refractivity contribution in [3.05, 3.63) is 88.6 Å². The van der Waals surface area contributed by atoms with Crippen molar-refractivity contribution in [1.29, 1.82) is 0 Å². The SMILES string of the molecule is O=C1NC(=O)c2ccc(-c3ccccc3Cl)cc2C1=CNCc1ccc(O)c(O)c1. The number of rotatable bonds is 4. The Morgan fingerprint density at radius 3 is 2.43 bits per heavy atom. The molecular weight excluding hydrogens is 404 g/mol. The molecule has 2 amide bonds. The van der Waals surface area contributed by atoms with E-state index in [4.69, 9.17) is 11.6 Å². The zero-order valence-electron chi connectivity index (χ0n) is 15.6. The average molecular weight is 421 g/mol. The number of amides is 2. The molecule has 7 heteroatoms. The van der Waals surface area contributed by atoms with Crippen LogP contribution >= 0.6 is 11.6 Å². The Morgan fingerprint density at radius 1 is 0.867 bits per heavy atom. The van der Waals surface area contributed by atoms with Crippen LogP contribution in [-0.4, -0.2) is 22.0 Å². The Bertz CT molecular complexity index is 1200. The van der Waals surface area contributed by atoms with Gasteiger partial charge in [0.25, 0.3) is 11.8 Å². The van der Waals surface area contributed by atoms with Gasteiger partial charge in [-0.25, -0.2) is 0 Å². The third kappa shape index (κ3) is 3.73. The van der Waals surface area contributed by atoms with Crippen LogP contribution in [0.1, 0.15) is 21.5 Å². The standard InChI is InChI=1S/C23H17ClN2O4/c24-19-4-2-1-3-15(19)14-6-7-16-17(10-14)18(23(30)26-22(16)29)12-25-11-13-5-8-20(27)21(28)9-13/h1-10,12,25,27-28H,11H2,(H,26,29,30). The largest absolute Gasteiger partial charge is 0.504 e. The van der Waals surface area contributed by atoms with Gasteiger partial charge >= 0.3 is 0 Å². The van der Waals surface area contributed by atoms with E-state index in [0.717, 1.165) is 11.1 Å². The molecular formula is C23H17ClN2O4. The minimum Gasteiger partial charge on any atom is -0.504 e. The molecule has 4 rings (SSSR count). The fourth-order valence-electron chi connectivity index (χ4n) is 3.28. The van der Waals surface area contributed by atoms with Crippen molar-refractivity contribution in [3.63, 3.8) is 0 Å². The summed E-state index contributed by atoms with van der Waals surface area (Å²) in [5.41, 5.74) is 3.49. The number of phenols is 2. The molecule has 6 nitrogen and oxygen atoms in total. The van der Waals surface area contributed by atoms with Crippen molar-refractivity contribution in [3.8, 4) is 22.6 Å². The van der Waals surface area contributed by atoms with Crippen LogP contribution in [0.25, 0.3) is 16.7 Å². The van der Waals surface area contributed by atoms with Crippen LogP contribution in [0.3, 0.4) is 0 Å². The van der Waals surface area contributed by atoms with E-state index < -0.39 is 11.8 Å². The minimum absolute atomic E-state index is 0.205. The Balaban J connectivity index is 1.68. The summed E-state index contributed by atoms with van der Waals surface area (Å²) in [6.45, 7) is 0.304. The maximum absolute atomic E-state index is 12.5. The number of benzene rings is 3. The smallest absolute Gasteiger partial charge is 0.260 e. The van der Waals surface area contributed by atoms with Crippen LogP contribution in [0.5, 0.6) is 11.5 Å². The van der Waals surface area contributed by atoms with Crippen LogP contribution in [-0.2, 0) is 11.3 Å². The van der Waals surface area contributed by atoms with E-state index in [2.05, 4.69) is 10.6 Å². The van der Waals surface area contributed by atoms with Crippen molar-refractivity contribution >= 4 is 29.0 Å². The van der Waals surface area contributed by atoms with Crippen molar-refractivity contribution in [2.24, 2.45) is 0 Å². The summed E-state index contributed by atoms with van der Waals surface area (Å²) in [4.78, 5) is 24.7. The molecule has 0 fully saturated rings. The third-order valence-corrected chi connectivity index (χ3v) is 5.13. The summed E-state index contributed by atoms with van der Waals surface area (Å²) in [6.07, 6.45) is 1.53. The van der Waals surface area contributed by atoms with Gasteiger partial charge in [-0.05, 0) is 41.5 Å². The van der Waals surface area contributed by atoms with E-state index in [1.54, 1.807) is 30.3 Å². The fraction of sp³-hybridized carbons (Fsp3) is 0.0435. The predicted octanol–water partition coefficient (Wildman–Crippen LogP) is 3.82. The van der Waals surface area contributed by atoms with Crippen LogP contribution in [0.15, 0.2) is 66.9 Å². The number of fused-ring (bicyclic) bond motifs is 1. The highest BCUT2D eigenvalue weighted by Crippen LogP contribution is 2.33. The highest BCUT2D eigenvalue weighted by atomic mass is 35.5. The molecule has 0 aromatic heterocycles. The summed E-state index contributed by atoms with van der Waals surface area (Å²) < 4.78 is 0. The predicted molar refractivity (Wildman–Crippen MR) is 114 cm³/mol. The Kier molecular flexibility index (Phi) is 5.16. The Morgan fingerprint density at radius 2 is 1.67 bits per heavy atom. The first-order valence-corrected chi connectivity index (χ1v) is 9.51. The Hall–Kier alpha value is -3.77. The quantitative estimate of drug-likeness (QED) is 0.292. The first kappa shape index (κ1) is 19.5. The minimum atomic E-state index is -0.509. The molecule has 0 spiro atoms. The zero-order valence-corrected chi connectivity index (χ0v) is 16.4. The first-order chi connectivity index (χ1) is 14.4. The van der Waals surface area contributed by atoms with Crippen molar-refractivity contribution in [2.75, 3.05) is 0 Å². The molecule has 1 aliphatic heterocycles. The van der Waals surface area contributed by atoms with Crippen LogP contribution < -0.4 is 10.6 Å². The maximum atomic E-state index is 12.5. The zero-order chi connectivity index (χ0) is 21.3. The molecule has 0 bridgehead atoms. The van der Waals surface area contributed by atoms with Crippen LogP contribution in [0.4, 0.5) is 0 Å². The molecule has 0 aliphatic carbocycles. The van der Waals surface area contributed by atoms with Gasteiger partial charge in [0.1, 0.15) is 0 Å². The fourth-order valence-corrected chi connectivity index (χ4v) is 3.53. The molecule has 3 aromatic rings. The van der Waals surface area contributed by atoms with Gasteiger partial charge in [0.05, 0.1) is 5.57 Å². The number of carbonyl (C=O) groups excluding carboxylic acids is 2. The van der Waals surface area contributed by atoms with Gasteiger partial charge in [-0.15, -0.1) is 0 Å². The van der Waals surface area contributed by atoms with E-state index >= 15 is 0 Å². The van der Waals surface area contributed by atoms with Gasteiger partial charge in [0, 0.05) is 34.5 Å². The molecule has 0 saturated carbocycles. The number of nitrogens with one attached hydrogen (secondary N) is 2. The number of phenolic OH excluding ortho intramolecular Hbond substituents is 2. The van der Waals surface area contributed by atoms with Gasteiger partial charge in [0.2, 0.25) is 0 Å². The maximum Gasteiger partial charge on any atom is 0.260 e. The molecule has 0 radical (unpaired) electrons. The van der Waals surface area contributed by atoms with Crippen molar-refractivity contribution < 1.29 is 19.8 Å². The molecule has 4 N–H and O–H groups in total. The van der Waals surface area contributed by atoms with Crippen LogP contribution in [0.2, 0.25) is 5.02 Å². The summed E-state index contributed by atoms with van der Waals surface area (Å²) in [5.74, 6) is -1.40. The van der Waals surface area contributed by atoms with Crippen LogP contribution in [0, 0.1) is 0 Å². The second-order valence-electron chi connectivity index (χ2n) is 6.79. The topological polar surface area (TPSA) is 98.7 Å². The van der Waals surface area contributed by atoms with E-state index in [1.165, 1.54) is 18.3 Å². The molecule has 30 heavy (non-hydrogen) atoms. The summed E-state index contributed by atoms with van der Waals surface area (Å²) in [6, 6.07) is 17.0. The lowest BCUT2D eigenvalue weighted by Gasteiger charge is -2.20. The third-order valence-electron chi connectivity index (χ3n) is 4.80. The van der Waals surface area contributed by atoms with Gasteiger partial charge in [-0.2, -0.15) is 0 Å². The number of carbonyl (C=O) groups is 2. The van der Waals surface area contributed by atoms with E-state index in [9.17, 15) is 19.8 Å². The van der Waals surface area contributed by atoms with Crippen molar-refractivity contribution in [1.82, 2.24) is 10.6 Å². The number of aromatic hydroxyl groups is 2. The van der Waals surface area contributed by atoms with E-state index in [0.29, 0.717) is 33.8 Å². The van der Waals surface area contributed by atoms with Gasteiger partial charge in [0.15, 0.2) is 11.5 Å². The normalized spacial score (nSPS) is 14.4. The second kappa shape index (κ2) is 7.93. The van der Waals surface area contributed by atoms with E-state index in [-0.39, 0.29) is 11.5 Å². The lowest BCUT2D eigenvalue weighted by Crippen LogP contribution is -2.37. The lowest BCUT2D eigenvalue weighted by molar-refractivity contribution is -0.114. The Labute approximate surface area is 177 Å². The number of hydrogen-bond donors (Lipinski definition) is 4. The highest BCUT2D eigenvalue weighted by Gasteiger charge is 2.27. The monoisotopic (exact) mass is 420 g/mol. The molecule has 3 aromatic carbocycles.